The van der Waals surface area contributed by atoms with Crippen molar-refractivity contribution in [3.8, 4) is 0 Å². The van der Waals surface area contributed by atoms with Crippen molar-refractivity contribution < 1.29 is 14.2 Å². The molecule has 0 saturated carbocycles. The average Bonchev–Trinajstić information content (AvgIpc) is 3.00. The molecule has 2 N–H and O–H groups in total. The van der Waals surface area contributed by atoms with Crippen LogP contribution in [0.15, 0.2) is 12.7 Å². The first kappa shape index (κ1) is 22.7. The number of nitrogen functional groups attached to an aromatic ring is 1. The summed E-state index contributed by atoms with van der Waals surface area (Å²) in [4.78, 5) is 12.7. The maximum Gasteiger partial charge on any atom is 0.165 e. The fourth-order valence-electron chi connectivity index (χ4n) is 3.09. The highest BCUT2D eigenvalue weighted by Crippen LogP contribution is 2.23. The van der Waals surface area contributed by atoms with Gasteiger partial charge in [0.1, 0.15) is 11.8 Å². The third-order valence-corrected chi connectivity index (χ3v) is 5.87. The van der Waals surface area contributed by atoms with Crippen LogP contribution in [0.2, 0.25) is 13.1 Å². The highest BCUT2D eigenvalue weighted by molar-refractivity contribution is 6.57. The first-order valence-corrected chi connectivity index (χ1v) is 12.4. The summed E-state index contributed by atoms with van der Waals surface area (Å²) in [5, 5.41) is 0. The molecule has 2 rings (SSSR count). The number of aryl methyl sites for hydroxylation is 1. The number of hydrogen-bond acceptors (Lipinski definition) is 7. The van der Waals surface area contributed by atoms with Crippen molar-refractivity contribution in [1.82, 2.24) is 19.5 Å². The lowest BCUT2D eigenvalue weighted by molar-refractivity contribution is -0.191. The molecule has 0 amide bonds. The van der Waals surface area contributed by atoms with E-state index in [0.29, 0.717) is 24.5 Å². The minimum absolute atomic E-state index is 0.0300. The van der Waals surface area contributed by atoms with Gasteiger partial charge in [0.25, 0.3) is 0 Å². The Bertz CT molecular complexity index is 747. The highest BCUT2D eigenvalue weighted by Gasteiger charge is 2.32. The zero-order valence-corrected chi connectivity index (χ0v) is 19.1. The molecule has 28 heavy (non-hydrogen) atoms. The Balaban J connectivity index is 2.21. The van der Waals surface area contributed by atoms with E-state index in [1.54, 1.807) is 6.33 Å². The van der Waals surface area contributed by atoms with Crippen molar-refractivity contribution in [3.05, 3.63) is 12.7 Å². The molecular formula is C19H34N5O3Si. The molecule has 157 valence electrons. The fourth-order valence-corrected chi connectivity index (χ4v) is 4.66. The molecule has 0 bridgehead atoms. The second-order valence-corrected chi connectivity index (χ2v) is 10.8. The summed E-state index contributed by atoms with van der Waals surface area (Å²) in [6.45, 7) is 15.9. The van der Waals surface area contributed by atoms with Crippen molar-refractivity contribution in [2.45, 2.75) is 84.4 Å². The summed E-state index contributed by atoms with van der Waals surface area (Å²) in [6, 6.07) is 0. The highest BCUT2D eigenvalue weighted by atomic mass is 28.3. The molecule has 0 aliphatic heterocycles. The van der Waals surface area contributed by atoms with Crippen LogP contribution in [0.1, 0.15) is 41.0 Å². The minimum atomic E-state index is -0.776. The Kier molecular flexibility index (Phi) is 7.94. The summed E-state index contributed by atoms with van der Waals surface area (Å²) in [7, 11) is -0.776. The van der Waals surface area contributed by atoms with Gasteiger partial charge in [-0.3, -0.25) is 0 Å². The largest absolute Gasteiger partial charge is 0.382 e. The van der Waals surface area contributed by atoms with Crippen LogP contribution in [-0.4, -0.2) is 58.6 Å². The summed E-state index contributed by atoms with van der Waals surface area (Å²) in [5.74, 6) is 0.392. The van der Waals surface area contributed by atoms with E-state index in [1.807, 2.05) is 18.4 Å². The predicted molar refractivity (Wildman–Crippen MR) is 112 cm³/mol. The Morgan fingerprint density at radius 2 is 1.93 bits per heavy atom. The molecule has 1 radical (unpaired) electrons. The normalized spacial score (nSPS) is 15.9. The van der Waals surface area contributed by atoms with E-state index < -0.39 is 8.80 Å². The van der Waals surface area contributed by atoms with Gasteiger partial charge in [0.2, 0.25) is 0 Å². The number of hydrogen-bond donors (Lipinski definition) is 1. The van der Waals surface area contributed by atoms with Crippen molar-refractivity contribution in [3.63, 3.8) is 0 Å². The van der Waals surface area contributed by atoms with Crippen molar-refractivity contribution in [2.75, 3.05) is 12.3 Å². The Hall–Kier alpha value is -1.55. The molecule has 3 unspecified atom stereocenters. The fraction of sp³-hybridized carbons (Fsp3) is 0.737. The van der Waals surface area contributed by atoms with E-state index in [9.17, 15) is 0 Å². The van der Waals surface area contributed by atoms with Crippen LogP contribution >= 0.6 is 0 Å². The van der Waals surface area contributed by atoms with Crippen LogP contribution in [0.5, 0.6) is 0 Å². The van der Waals surface area contributed by atoms with E-state index >= 15 is 0 Å². The molecule has 0 saturated heterocycles. The molecule has 0 aliphatic rings. The third kappa shape index (κ3) is 6.23. The molecule has 0 aromatic carbocycles. The van der Waals surface area contributed by atoms with Gasteiger partial charge >= 0.3 is 0 Å². The van der Waals surface area contributed by atoms with Gasteiger partial charge in [0, 0.05) is 13.2 Å². The lowest BCUT2D eigenvalue weighted by atomic mass is 10.2. The van der Waals surface area contributed by atoms with Crippen molar-refractivity contribution >= 4 is 25.8 Å². The lowest BCUT2D eigenvalue weighted by Gasteiger charge is -2.36. The number of nitrogens with two attached hydrogens (primary N) is 1. The molecule has 2 aromatic rings. The first-order chi connectivity index (χ1) is 13.1. The Morgan fingerprint density at radius 1 is 1.21 bits per heavy atom. The number of aromatic nitrogens is 4. The van der Waals surface area contributed by atoms with E-state index in [-0.39, 0.29) is 23.7 Å². The van der Waals surface area contributed by atoms with Gasteiger partial charge in [-0.15, -0.1) is 0 Å². The van der Waals surface area contributed by atoms with Gasteiger partial charge < -0.3 is 24.5 Å². The Morgan fingerprint density at radius 3 is 2.54 bits per heavy atom. The monoisotopic (exact) mass is 408 g/mol. The number of anilines is 1. The molecule has 2 aromatic heterocycles. The number of ether oxygens (including phenoxy) is 3. The van der Waals surface area contributed by atoms with Crippen LogP contribution in [0, 0.1) is 0 Å². The number of imidazole rings is 1. The van der Waals surface area contributed by atoms with Crippen LogP contribution in [0.4, 0.5) is 5.82 Å². The van der Waals surface area contributed by atoms with E-state index in [1.165, 1.54) is 6.33 Å². The van der Waals surface area contributed by atoms with Crippen molar-refractivity contribution in [2.24, 2.45) is 0 Å². The maximum absolute atomic E-state index is 6.41. The van der Waals surface area contributed by atoms with Gasteiger partial charge in [-0.05, 0) is 41.0 Å². The summed E-state index contributed by atoms with van der Waals surface area (Å²) >= 11 is 0. The molecule has 9 heteroatoms. The van der Waals surface area contributed by atoms with E-state index in [2.05, 4.69) is 48.8 Å². The van der Waals surface area contributed by atoms with Gasteiger partial charge in [0.05, 0.1) is 32.6 Å². The number of fused-ring (bicyclic) bond motifs is 1. The number of rotatable bonds is 10. The minimum Gasteiger partial charge on any atom is -0.382 e. The smallest absolute Gasteiger partial charge is 0.165 e. The standard InChI is InChI=1S/C19H34N5O3Si/c1-8-25-13(2)26-14(18(28(6)7)27-19(3,4)5)9-10-24-12-23-15-16(20)21-11-22-17(15)24/h11-14,18H,8-10H2,1-7H3,(H2,20,21,22). The molecule has 2 heterocycles. The van der Waals surface area contributed by atoms with Crippen LogP contribution in [-0.2, 0) is 20.8 Å². The van der Waals surface area contributed by atoms with Crippen LogP contribution in [0.25, 0.3) is 11.2 Å². The summed E-state index contributed by atoms with van der Waals surface area (Å²) in [5.41, 5.74) is 7.04. The molecule has 0 fully saturated rings. The summed E-state index contributed by atoms with van der Waals surface area (Å²) in [6.07, 6.45) is 3.58. The lowest BCUT2D eigenvalue weighted by Crippen LogP contribution is -2.47. The maximum atomic E-state index is 6.41. The molecular weight excluding hydrogens is 374 g/mol. The topological polar surface area (TPSA) is 97.3 Å². The SMILES string of the molecule is CCOC(C)OC(CCn1cnc2c(N)ncnc21)C(OC(C)(C)C)[Si](C)C. The molecule has 0 aliphatic carbocycles. The third-order valence-electron chi connectivity index (χ3n) is 4.24. The Labute approximate surface area is 169 Å². The van der Waals surface area contributed by atoms with Gasteiger partial charge in [0.15, 0.2) is 17.8 Å². The van der Waals surface area contributed by atoms with E-state index in [0.717, 1.165) is 12.1 Å². The molecule has 8 nitrogen and oxygen atoms in total. The van der Waals surface area contributed by atoms with Gasteiger partial charge in [-0.2, -0.15) is 0 Å². The van der Waals surface area contributed by atoms with Crippen molar-refractivity contribution in [1.29, 1.82) is 0 Å². The van der Waals surface area contributed by atoms with Crippen LogP contribution < -0.4 is 5.73 Å². The second-order valence-electron chi connectivity index (χ2n) is 8.08. The average molecular weight is 409 g/mol. The zero-order valence-electron chi connectivity index (χ0n) is 18.1. The predicted octanol–water partition coefficient (Wildman–Crippen LogP) is 3.04. The zero-order chi connectivity index (χ0) is 20.9. The quantitative estimate of drug-likeness (QED) is 0.476. The van der Waals surface area contributed by atoms with Crippen LogP contribution in [0.3, 0.4) is 0 Å². The van der Waals surface area contributed by atoms with E-state index in [4.69, 9.17) is 19.9 Å². The summed E-state index contributed by atoms with van der Waals surface area (Å²) < 4.78 is 20.3. The van der Waals surface area contributed by atoms with Gasteiger partial charge in [-0.1, -0.05) is 13.1 Å². The molecule has 0 spiro atoms. The van der Waals surface area contributed by atoms with Gasteiger partial charge in [-0.25, -0.2) is 15.0 Å². The second kappa shape index (κ2) is 9.77. The molecule has 3 atom stereocenters. The number of nitrogens with zero attached hydrogens (tertiary/aromatic N) is 4. The first-order valence-electron chi connectivity index (χ1n) is 9.78.